The van der Waals surface area contributed by atoms with E-state index in [4.69, 9.17) is 14.2 Å². The first-order valence-corrected chi connectivity index (χ1v) is 8.74. The number of ether oxygens (including phenoxy) is 3. The van der Waals surface area contributed by atoms with Gasteiger partial charge < -0.3 is 19.5 Å². The largest absolute Gasteiger partial charge is 0.486 e. The number of nitrogens with zero attached hydrogens (tertiary/aromatic N) is 1. The number of nitrogens with one attached hydrogen (secondary N) is 1. The highest BCUT2D eigenvalue weighted by atomic mass is 16.6. The second-order valence-electron chi connectivity index (χ2n) is 6.86. The monoisotopic (exact) mass is 332 g/mol. The number of benzene rings is 1. The molecule has 0 aromatic heterocycles. The maximum atomic E-state index is 11.5. The van der Waals surface area contributed by atoms with Crippen molar-refractivity contribution >= 4 is 5.91 Å². The van der Waals surface area contributed by atoms with E-state index in [0.717, 1.165) is 44.0 Å². The van der Waals surface area contributed by atoms with Gasteiger partial charge in [0, 0.05) is 32.6 Å². The average Bonchev–Trinajstić information content (AvgIpc) is 2.79. The second-order valence-corrected chi connectivity index (χ2v) is 6.86. The van der Waals surface area contributed by atoms with E-state index in [2.05, 4.69) is 10.2 Å². The molecule has 3 aliphatic heterocycles. The molecule has 1 aromatic carbocycles. The van der Waals surface area contributed by atoms with Gasteiger partial charge in [0.05, 0.1) is 12.2 Å². The van der Waals surface area contributed by atoms with Crippen molar-refractivity contribution in [1.29, 1.82) is 0 Å². The van der Waals surface area contributed by atoms with Crippen molar-refractivity contribution in [3.05, 3.63) is 24.3 Å². The van der Waals surface area contributed by atoms with Gasteiger partial charge in [-0.25, -0.2) is 0 Å². The zero-order chi connectivity index (χ0) is 16.4. The summed E-state index contributed by atoms with van der Waals surface area (Å²) in [6.07, 6.45) is 2.41. The Balaban J connectivity index is 1.30. The van der Waals surface area contributed by atoms with E-state index >= 15 is 0 Å². The standard InChI is InChI=1S/C18H24N2O4/c21-17-5-10-23-18(13-19-17)6-8-20(9-7-18)11-14-12-22-15-3-1-2-4-16(15)24-14/h1-4,14H,5-13H2,(H,19,21). The average molecular weight is 332 g/mol. The minimum Gasteiger partial charge on any atom is -0.486 e. The van der Waals surface area contributed by atoms with Crippen LogP contribution in [0.5, 0.6) is 11.5 Å². The van der Waals surface area contributed by atoms with E-state index in [1.807, 2.05) is 24.3 Å². The van der Waals surface area contributed by atoms with Crippen LogP contribution in [0.25, 0.3) is 0 Å². The van der Waals surface area contributed by atoms with E-state index in [-0.39, 0.29) is 17.6 Å². The van der Waals surface area contributed by atoms with Crippen LogP contribution in [-0.4, -0.2) is 61.9 Å². The summed E-state index contributed by atoms with van der Waals surface area (Å²) < 4.78 is 17.9. The number of likely N-dealkylation sites (tertiary alicyclic amines) is 1. The predicted octanol–water partition coefficient (Wildman–Crippen LogP) is 1.20. The summed E-state index contributed by atoms with van der Waals surface area (Å²) in [7, 11) is 0. The third kappa shape index (κ3) is 3.35. The van der Waals surface area contributed by atoms with E-state index in [1.54, 1.807) is 0 Å². The van der Waals surface area contributed by atoms with Gasteiger partial charge in [-0.2, -0.15) is 0 Å². The number of amides is 1. The van der Waals surface area contributed by atoms with Crippen molar-refractivity contribution in [3.63, 3.8) is 0 Å². The molecular weight excluding hydrogens is 308 g/mol. The number of carbonyl (C=O) groups excluding carboxylic acids is 1. The molecule has 3 aliphatic rings. The number of hydrogen-bond acceptors (Lipinski definition) is 5. The lowest BCUT2D eigenvalue weighted by molar-refractivity contribution is -0.120. The van der Waals surface area contributed by atoms with Crippen molar-refractivity contribution in [2.75, 3.05) is 39.4 Å². The smallest absolute Gasteiger partial charge is 0.222 e. The molecule has 2 fully saturated rings. The number of rotatable bonds is 2. The van der Waals surface area contributed by atoms with Crippen LogP contribution >= 0.6 is 0 Å². The molecule has 1 spiro atoms. The SMILES string of the molecule is O=C1CCOC2(CCN(CC3COc4ccccc4O3)CC2)CN1. The van der Waals surface area contributed by atoms with Gasteiger partial charge in [-0.05, 0) is 25.0 Å². The second kappa shape index (κ2) is 6.61. The summed E-state index contributed by atoms with van der Waals surface area (Å²) in [5.74, 6) is 1.76. The van der Waals surface area contributed by atoms with Gasteiger partial charge >= 0.3 is 0 Å². The highest BCUT2D eigenvalue weighted by Crippen LogP contribution is 2.32. The minimum atomic E-state index is -0.181. The third-order valence-electron chi connectivity index (χ3n) is 5.14. The maximum absolute atomic E-state index is 11.5. The Bertz CT molecular complexity index is 598. The van der Waals surface area contributed by atoms with Crippen molar-refractivity contribution in [2.45, 2.75) is 31.0 Å². The number of carbonyl (C=O) groups is 1. The molecule has 0 saturated carbocycles. The van der Waals surface area contributed by atoms with Gasteiger partial charge in [-0.3, -0.25) is 9.69 Å². The molecular formula is C18H24N2O4. The Kier molecular flexibility index (Phi) is 4.33. The first-order chi connectivity index (χ1) is 11.7. The summed E-state index contributed by atoms with van der Waals surface area (Å²) in [6.45, 7) is 4.52. The van der Waals surface area contributed by atoms with Crippen LogP contribution in [0, 0.1) is 0 Å². The van der Waals surface area contributed by atoms with Crippen LogP contribution in [0.2, 0.25) is 0 Å². The van der Waals surface area contributed by atoms with Gasteiger partial charge in [-0.1, -0.05) is 12.1 Å². The third-order valence-corrected chi connectivity index (χ3v) is 5.14. The van der Waals surface area contributed by atoms with E-state index in [0.29, 0.717) is 26.2 Å². The zero-order valence-corrected chi connectivity index (χ0v) is 13.8. The summed E-state index contributed by atoms with van der Waals surface area (Å²) in [4.78, 5) is 13.9. The Hall–Kier alpha value is -1.79. The normalized spacial score (nSPS) is 26.7. The fourth-order valence-electron chi connectivity index (χ4n) is 3.66. The topological polar surface area (TPSA) is 60.0 Å². The molecule has 24 heavy (non-hydrogen) atoms. The summed E-state index contributed by atoms with van der Waals surface area (Å²) in [5, 5.41) is 2.99. The Labute approximate surface area is 142 Å². The first-order valence-electron chi connectivity index (χ1n) is 8.74. The summed E-state index contributed by atoms with van der Waals surface area (Å²) in [6, 6.07) is 7.81. The number of para-hydroxylation sites is 2. The molecule has 1 atom stereocenters. The Morgan fingerprint density at radius 2 is 2.00 bits per heavy atom. The number of fused-ring (bicyclic) bond motifs is 1. The fraction of sp³-hybridized carbons (Fsp3) is 0.611. The summed E-state index contributed by atoms with van der Waals surface area (Å²) in [5.41, 5.74) is -0.181. The highest BCUT2D eigenvalue weighted by molar-refractivity contribution is 5.76. The molecule has 6 nitrogen and oxygen atoms in total. The molecule has 1 amide bonds. The van der Waals surface area contributed by atoms with Crippen LogP contribution in [0.15, 0.2) is 24.3 Å². The van der Waals surface area contributed by atoms with Gasteiger partial charge in [-0.15, -0.1) is 0 Å². The van der Waals surface area contributed by atoms with E-state index < -0.39 is 0 Å². The van der Waals surface area contributed by atoms with Crippen LogP contribution in [0.1, 0.15) is 19.3 Å². The molecule has 6 heteroatoms. The van der Waals surface area contributed by atoms with Crippen molar-refractivity contribution in [2.24, 2.45) is 0 Å². The van der Waals surface area contributed by atoms with Crippen LogP contribution in [0.4, 0.5) is 0 Å². The Morgan fingerprint density at radius 3 is 2.83 bits per heavy atom. The van der Waals surface area contributed by atoms with Gasteiger partial charge in [0.15, 0.2) is 11.5 Å². The summed E-state index contributed by atoms with van der Waals surface area (Å²) >= 11 is 0. The number of piperidine rings is 1. The molecule has 1 aromatic rings. The molecule has 3 heterocycles. The highest BCUT2D eigenvalue weighted by Gasteiger charge is 2.38. The molecule has 1 unspecified atom stereocenters. The minimum absolute atomic E-state index is 0.0590. The fourth-order valence-corrected chi connectivity index (χ4v) is 3.66. The van der Waals surface area contributed by atoms with Gasteiger partial charge in [0.25, 0.3) is 0 Å². The first kappa shape index (κ1) is 15.7. The number of hydrogen-bond donors (Lipinski definition) is 1. The molecule has 0 radical (unpaired) electrons. The van der Waals surface area contributed by atoms with Gasteiger partial charge in [0.2, 0.25) is 5.91 Å². The predicted molar refractivity (Wildman–Crippen MR) is 88.3 cm³/mol. The maximum Gasteiger partial charge on any atom is 0.222 e. The lowest BCUT2D eigenvalue weighted by Gasteiger charge is -2.42. The molecule has 4 rings (SSSR count). The molecule has 1 N–H and O–H groups in total. The molecule has 130 valence electrons. The van der Waals surface area contributed by atoms with Gasteiger partial charge in [0.1, 0.15) is 12.7 Å². The quantitative estimate of drug-likeness (QED) is 0.882. The van der Waals surface area contributed by atoms with Crippen molar-refractivity contribution in [1.82, 2.24) is 10.2 Å². The molecule has 0 aliphatic carbocycles. The molecule has 0 bridgehead atoms. The van der Waals surface area contributed by atoms with Crippen LogP contribution in [-0.2, 0) is 9.53 Å². The lowest BCUT2D eigenvalue weighted by atomic mass is 9.91. The van der Waals surface area contributed by atoms with Crippen LogP contribution in [0.3, 0.4) is 0 Å². The molecule has 2 saturated heterocycles. The van der Waals surface area contributed by atoms with Crippen molar-refractivity contribution in [3.8, 4) is 11.5 Å². The van der Waals surface area contributed by atoms with Crippen molar-refractivity contribution < 1.29 is 19.0 Å². The van der Waals surface area contributed by atoms with Crippen LogP contribution < -0.4 is 14.8 Å². The van der Waals surface area contributed by atoms with E-state index in [9.17, 15) is 4.79 Å². The van der Waals surface area contributed by atoms with E-state index in [1.165, 1.54) is 0 Å². The Morgan fingerprint density at radius 1 is 1.21 bits per heavy atom. The lowest BCUT2D eigenvalue weighted by Crippen LogP contribution is -2.53. The zero-order valence-electron chi connectivity index (χ0n) is 13.8.